The number of nitrogens with one attached hydrogen (secondary N) is 1. The molecule has 0 aliphatic carbocycles. The molecule has 10 nitrogen and oxygen atoms in total. The maximum Gasteiger partial charge on any atom is 0.325 e. The fraction of sp³-hybridized carbons (Fsp3) is 0.370. The highest BCUT2D eigenvalue weighted by Gasteiger charge is 2.55. The van der Waals surface area contributed by atoms with Gasteiger partial charge >= 0.3 is 6.03 Å². The molecule has 1 fully saturated rings. The number of rotatable bonds is 7. The third kappa shape index (κ3) is 5.22. The molecule has 3 heterocycles. The molecule has 0 saturated carbocycles. The van der Waals surface area contributed by atoms with Gasteiger partial charge in [0.15, 0.2) is 0 Å². The van der Waals surface area contributed by atoms with Gasteiger partial charge in [-0.15, -0.1) is 0 Å². The minimum absolute atomic E-state index is 0.242. The van der Waals surface area contributed by atoms with Crippen molar-refractivity contribution in [2.45, 2.75) is 45.7 Å². The molecule has 3 N–H and O–H groups in total. The Morgan fingerprint density at radius 3 is 2.61 bits per heavy atom. The highest BCUT2D eigenvalue weighted by atomic mass is 35.5. The maximum atomic E-state index is 13.7. The van der Waals surface area contributed by atoms with Gasteiger partial charge in [-0.1, -0.05) is 24.6 Å². The molecule has 0 radical (unpaired) electrons. The van der Waals surface area contributed by atoms with E-state index in [1.54, 1.807) is 49.3 Å². The SMILES string of the molecule is CCC(NC(=O)N1C(=O)[C@H](Cc2cc(C)nc(N)c2)[C@H]1C(=O)N(C)c1nccn1C)c1cc(Cl)ccc1C. The number of amides is 4. The number of nitrogen functional groups attached to an aromatic ring is 1. The smallest absolute Gasteiger partial charge is 0.325 e. The van der Waals surface area contributed by atoms with Crippen LogP contribution < -0.4 is 16.0 Å². The molecule has 4 rings (SSSR count). The molecule has 0 bridgehead atoms. The lowest BCUT2D eigenvalue weighted by molar-refractivity contribution is -0.156. The molecule has 1 saturated heterocycles. The Balaban J connectivity index is 1.63. The number of nitrogens with two attached hydrogens (primary N) is 1. The van der Waals surface area contributed by atoms with Gasteiger partial charge in [0, 0.05) is 37.2 Å². The zero-order valence-electron chi connectivity index (χ0n) is 22.1. The number of benzene rings is 1. The van der Waals surface area contributed by atoms with Crippen molar-refractivity contribution < 1.29 is 14.4 Å². The molecule has 11 heteroatoms. The Kier molecular flexibility index (Phi) is 7.73. The molecule has 4 amide bonds. The topological polar surface area (TPSA) is 126 Å². The number of carbonyl (C=O) groups is 3. The molecule has 200 valence electrons. The van der Waals surface area contributed by atoms with E-state index in [9.17, 15) is 14.4 Å². The fourth-order valence-corrected chi connectivity index (χ4v) is 5.16. The van der Waals surface area contributed by atoms with Crippen LogP contribution in [-0.2, 0) is 23.1 Å². The molecule has 3 aromatic rings. The molecule has 38 heavy (non-hydrogen) atoms. The minimum Gasteiger partial charge on any atom is -0.384 e. The number of halogens is 1. The molecular weight excluding hydrogens is 506 g/mol. The van der Waals surface area contributed by atoms with Crippen LogP contribution in [0.5, 0.6) is 0 Å². The number of urea groups is 1. The van der Waals surface area contributed by atoms with E-state index in [-0.39, 0.29) is 6.42 Å². The number of imidazole rings is 1. The van der Waals surface area contributed by atoms with Crippen molar-refractivity contribution in [3.63, 3.8) is 0 Å². The van der Waals surface area contributed by atoms with Gasteiger partial charge in [-0.05, 0) is 67.6 Å². The first-order valence-corrected chi connectivity index (χ1v) is 12.8. The Labute approximate surface area is 226 Å². The number of likely N-dealkylation sites (N-methyl/N-ethyl adjacent to an activating group) is 1. The van der Waals surface area contributed by atoms with Crippen LogP contribution in [0.4, 0.5) is 16.6 Å². The highest BCUT2D eigenvalue weighted by molar-refractivity contribution is 6.30. The van der Waals surface area contributed by atoms with Gasteiger partial charge in [0.05, 0.1) is 12.0 Å². The number of hydrogen-bond acceptors (Lipinski definition) is 6. The van der Waals surface area contributed by atoms with E-state index in [2.05, 4.69) is 15.3 Å². The third-order valence-corrected chi connectivity index (χ3v) is 7.16. The van der Waals surface area contributed by atoms with Crippen LogP contribution in [0.3, 0.4) is 0 Å². The molecule has 2 aromatic heterocycles. The van der Waals surface area contributed by atoms with Gasteiger partial charge in [0.2, 0.25) is 11.9 Å². The first-order chi connectivity index (χ1) is 18.0. The van der Waals surface area contributed by atoms with Crippen molar-refractivity contribution in [2.24, 2.45) is 13.0 Å². The number of nitrogens with zero attached hydrogens (tertiary/aromatic N) is 5. The van der Waals surface area contributed by atoms with Crippen LogP contribution in [0.25, 0.3) is 0 Å². The molecule has 0 spiro atoms. The number of imide groups is 1. The summed E-state index contributed by atoms with van der Waals surface area (Å²) in [5.41, 5.74) is 9.20. The van der Waals surface area contributed by atoms with Crippen LogP contribution in [0.2, 0.25) is 5.02 Å². The summed E-state index contributed by atoms with van der Waals surface area (Å²) in [6.45, 7) is 5.67. The van der Waals surface area contributed by atoms with Crippen LogP contribution in [0.1, 0.15) is 41.8 Å². The van der Waals surface area contributed by atoms with E-state index in [0.29, 0.717) is 28.9 Å². The number of anilines is 2. The summed E-state index contributed by atoms with van der Waals surface area (Å²) in [5, 5.41) is 3.49. The Hall–Kier alpha value is -3.92. The van der Waals surface area contributed by atoms with E-state index in [1.165, 1.54) is 4.90 Å². The molecule has 1 unspecified atom stereocenters. The van der Waals surface area contributed by atoms with E-state index < -0.39 is 35.8 Å². The first-order valence-electron chi connectivity index (χ1n) is 12.4. The number of aryl methyl sites for hydroxylation is 3. The molecule has 1 aromatic carbocycles. The van der Waals surface area contributed by atoms with Gasteiger partial charge in [-0.3, -0.25) is 19.4 Å². The zero-order valence-corrected chi connectivity index (χ0v) is 22.9. The molecule has 1 aliphatic rings. The summed E-state index contributed by atoms with van der Waals surface area (Å²) >= 11 is 6.21. The van der Waals surface area contributed by atoms with Crippen molar-refractivity contribution in [1.29, 1.82) is 0 Å². The van der Waals surface area contributed by atoms with Gasteiger partial charge in [-0.25, -0.2) is 14.8 Å². The van der Waals surface area contributed by atoms with Crippen molar-refractivity contribution >= 4 is 41.2 Å². The number of aromatic nitrogens is 3. The number of pyridine rings is 1. The minimum atomic E-state index is -1.02. The van der Waals surface area contributed by atoms with Crippen LogP contribution >= 0.6 is 11.6 Å². The van der Waals surface area contributed by atoms with Crippen LogP contribution in [-0.4, -0.2) is 50.4 Å². The third-order valence-electron chi connectivity index (χ3n) is 6.92. The summed E-state index contributed by atoms with van der Waals surface area (Å²) < 4.78 is 1.69. The van der Waals surface area contributed by atoms with Crippen molar-refractivity contribution in [3.8, 4) is 0 Å². The van der Waals surface area contributed by atoms with Crippen molar-refractivity contribution in [1.82, 2.24) is 24.8 Å². The lowest BCUT2D eigenvalue weighted by Gasteiger charge is -2.45. The predicted octanol–water partition coefficient (Wildman–Crippen LogP) is 3.56. The lowest BCUT2D eigenvalue weighted by Crippen LogP contribution is -2.70. The molecule has 1 aliphatic heterocycles. The largest absolute Gasteiger partial charge is 0.384 e. The van der Waals surface area contributed by atoms with E-state index in [1.807, 2.05) is 32.9 Å². The van der Waals surface area contributed by atoms with E-state index in [0.717, 1.165) is 21.6 Å². The summed E-state index contributed by atoms with van der Waals surface area (Å²) in [5.74, 6) is -0.856. The second kappa shape index (κ2) is 10.8. The lowest BCUT2D eigenvalue weighted by atomic mass is 9.81. The fourth-order valence-electron chi connectivity index (χ4n) is 4.98. The number of carbonyl (C=O) groups excluding carboxylic acids is 3. The molecule has 3 atom stereocenters. The van der Waals surface area contributed by atoms with Crippen molar-refractivity contribution in [2.75, 3.05) is 17.7 Å². The number of β-lactam (4-membered cyclic amide) rings is 1. The van der Waals surface area contributed by atoms with Crippen LogP contribution in [0.15, 0.2) is 42.7 Å². The van der Waals surface area contributed by atoms with Gasteiger partial charge < -0.3 is 15.6 Å². The van der Waals surface area contributed by atoms with E-state index >= 15 is 0 Å². The standard InChI is InChI=1S/C27H32ClN7O3/c1-6-21(19-14-18(28)8-7-15(19)2)32-27(38)35-23(25(37)34(5)26-30-9-10-33(26)4)20(24(35)36)12-17-11-16(3)31-22(29)13-17/h7-11,13-14,20-21,23H,6,12H2,1-5H3,(H2,29,31)(H,32,38)/t20-,21?,23+/m1/s1. The number of hydrogen-bond donors (Lipinski definition) is 2. The normalized spacial score (nSPS) is 17.6. The summed E-state index contributed by atoms with van der Waals surface area (Å²) in [7, 11) is 3.35. The quantitative estimate of drug-likeness (QED) is 0.444. The van der Waals surface area contributed by atoms with Gasteiger partial charge in [0.25, 0.3) is 5.91 Å². The Morgan fingerprint density at radius 1 is 1.24 bits per heavy atom. The van der Waals surface area contributed by atoms with Gasteiger partial charge in [0.1, 0.15) is 11.9 Å². The maximum absolute atomic E-state index is 13.7. The Bertz CT molecular complexity index is 1370. The van der Waals surface area contributed by atoms with Crippen LogP contribution in [0, 0.1) is 19.8 Å². The van der Waals surface area contributed by atoms with Gasteiger partial charge in [-0.2, -0.15) is 0 Å². The zero-order chi connectivity index (χ0) is 27.7. The molecular formula is C27H32ClN7O3. The predicted molar refractivity (Wildman–Crippen MR) is 146 cm³/mol. The first kappa shape index (κ1) is 27.1. The summed E-state index contributed by atoms with van der Waals surface area (Å²) in [6.07, 6.45) is 4.11. The summed E-state index contributed by atoms with van der Waals surface area (Å²) in [4.78, 5) is 51.5. The van der Waals surface area contributed by atoms with Crippen molar-refractivity contribution in [3.05, 3.63) is 70.1 Å². The monoisotopic (exact) mass is 537 g/mol. The van der Waals surface area contributed by atoms with E-state index in [4.69, 9.17) is 17.3 Å². The Morgan fingerprint density at radius 2 is 1.97 bits per heavy atom. The summed E-state index contributed by atoms with van der Waals surface area (Å²) in [6, 6.07) is 6.94. The highest BCUT2D eigenvalue weighted by Crippen LogP contribution is 2.34. The average molecular weight is 538 g/mol. The average Bonchev–Trinajstić information content (AvgIpc) is 3.29. The second-order valence-electron chi connectivity index (χ2n) is 9.65. The number of likely N-dealkylation sites (tertiary alicyclic amines) is 1. The second-order valence-corrected chi connectivity index (χ2v) is 10.1.